The van der Waals surface area contributed by atoms with E-state index in [0.717, 1.165) is 16.7 Å². The van der Waals surface area contributed by atoms with Crippen LogP contribution in [0.5, 0.6) is 11.5 Å². The third kappa shape index (κ3) is 6.93. The predicted octanol–water partition coefficient (Wildman–Crippen LogP) is 4.68. The zero-order valence-corrected chi connectivity index (χ0v) is 19.8. The van der Waals surface area contributed by atoms with Crippen molar-refractivity contribution in [1.29, 1.82) is 0 Å². The van der Waals surface area contributed by atoms with E-state index < -0.39 is 11.8 Å². The second-order valence-corrected chi connectivity index (χ2v) is 7.87. The van der Waals surface area contributed by atoms with Crippen molar-refractivity contribution in [2.24, 2.45) is 5.10 Å². The molecule has 7 heteroatoms. The molecular weight excluding hydrogens is 430 g/mol. The quantitative estimate of drug-likeness (QED) is 0.291. The minimum Gasteiger partial charge on any atom is -0.490 e. The van der Waals surface area contributed by atoms with Gasteiger partial charge in [0, 0.05) is 5.69 Å². The molecule has 0 saturated carbocycles. The van der Waals surface area contributed by atoms with Crippen LogP contribution in [-0.4, -0.2) is 24.6 Å². The van der Waals surface area contributed by atoms with Gasteiger partial charge in [-0.25, -0.2) is 5.43 Å². The number of nitrogens with zero attached hydrogens (tertiary/aromatic N) is 1. The maximum absolute atomic E-state index is 12.1. The van der Waals surface area contributed by atoms with Gasteiger partial charge in [0.2, 0.25) is 0 Å². The summed E-state index contributed by atoms with van der Waals surface area (Å²) in [6.07, 6.45) is 1.44. The van der Waals surface area contributed by atoms with Crippen molar-refractivity contribution in [3.8, 4) is 11.5 Å². The van der Waals surface area contributed by atoms with Gasteiger partial charge in [0.1, 0.15) is 6.61 Å². The highest BCUT2D eigenvalue weighted by atomic mass is 16.5. The number of hydrogen-bond acceptors (Lipinski definition) is 5. The number of carbonyl (C=O) groups excluding carboxylic acids is 2. The first-order valence-electron chi connectivity index (χ1n) is 11.0. The summed E-state index contributed by atoms with van der Waals surface area (Å²) in [4.78, 5) is 24.2. The first-order valence-corrected chi connectivity index (χ1v) is 11.0. The molecular formula is C27H29N3O4. The van der Waals surface area contributed by atoms with E-state index in [9.17, 15) is 9.59 Å². The molecule has 0 bridgehead atoms. The first kappa shape index (κ1) is 24.5. The van der Waals surface area contributed by atoms with Crippen LogP contribution in [0.25, 0.3) is 0 Å². The molecule has 0 saturated heterocycles. The van der Waals surface area contributed by atoms with Crippen molar-refractivity contribution in [1.82, 2.24) is 5.43 Å². The van der Waals surface area contributed by atoms with E-state index in [0.29, 0.717) is 36.0 Å². The number of amides is 2. The fourth-order valence-corrected chi connectivity index (χ4v) is 3.06. The lowest BCUT2D eigenvalue weighted by Gasteiger charge is -2.13. The van der Waals surface area contributed by atoms with Crippen molar-refractivity contribution < 1.29 is 19.1 Å². The highest BCUT2D eigenvalue weighted by Gasteiger charge is 2.13. The van der Waals surface area contributed by atoms with Crippen LogP contribution in [0.3, 0.4) is 0 Å². The van der Waals surface area contributed by atoms with E-state index in [2.05, 4.69) is 15.8 Å². The summed E-state index contributed by atoms with van der Waals surface area (Å²) in [5.41, 5.74) is 7.84. The van der Waals surface area contributed by atoms with Crippen LogP contribution in [-0.2, 0) is 16.2 Å². The normalized spacial score (nSPS) is 10.7. The number of hydrogen-bond donors (Lipinski definition) is 2. The Hall–Kier alpha value is -4.13. The third-order valence-corrected chi connectivity index (χ3v) is 5.13. The number of ether oxygens (including phenoxy) is 2. The molecule has 0 radical (unpaired) electrons. The van der Waals surface area contributed by atoms with Crippen LogP contribution in [0, 0.1) is 20.8 Å². The average molecular weight is 460 g/mol. The number of anilines is 1. The number of benzene rings is 3. The van der Waals surface area contributed by atoms with Gasteiger partial charge in [-0.15, -0.1) is 0 Å². The Labute approximate surface area is 199 Å². The van der Waals surface area contributed by atoms with Crippen LogP contribution in [0.2, 0.25) is 0 Å². The maximum Gasteiger partial charge on any atom is 0.329 e. The van der Waals surface area contributed by atoms with E-state index in [1.54, 1.807) is 24.3 Å². The second-order valence-electron chi connectivity index (χ2n) is 7.87. The molecule has 3 aromatic rings. The Morgan fingerprint density at radius 2 is 1.62 bits per heavy atom. The molecule has 2 N–H and O–H groups in total. The van der Waals surface area contributed by atoms with Gasteiger partial charge in [-0.1, -0.05) is 35.9 Å². The summed E-state index contributed by atoms with van der Waals surface area (Å²) in [6.45, 7) is 8.72. The molecule has 0 aliphatic carbocycles. The van der Waals surface area contributed by atoms with E-state index in [4.69, 9.17) is 9.47 Å². The van der Waals surface area contributed by atoms with Crippen LogP contribution < -0.4 is 20.2 Å². The fourth-order valence-electron chi connectivity index (χ4n) is 3.06. The monoisotopic (exact) mass is 459 g/mol. The minimum absolute atomic E-state index is 0.416. The van der Waals surface area contributed by atoms with Crippen molar-refractivity contribution in [2.45, 2.75) is 34.3 Å². The molecule has 2 amide bonds. The molecule has 176 valence electrons. The topological polar surface area (TPSA) is 89.0 Å². The van der Waals surface area contributed by atoms with E-state index in [1.807, 2.05) is 64.1 Å². The lowest BCUT2D eigenvalue weighted by Crippen LogP contribution is -2.32. The van der Waals surface area contributed by atoms with Gasteiger partial charge >= 0.3 is 11.8 Å². The predicted molar refractivity (Wildman–Crippen MR) is 133 cm³/mol. The zero-order chi connectivity index (χ0) is 24.5. The van der Waals surface area contributed by atoms with Gasteiger partial charge in [0.15, 0.2) is 11.5 Å². The number of nitrogens with one attached hydrogen (secondary N) is 2. The summed E-state index contributed by atoms with van der Waals surface area (Å²) >= 11 is 0. The summed E-state index contributed by atoms with van der Waals surface area (Å²) in [5.74, 6) is -0.485. The summed E-state index contributed by atoms with van der Waals surface area (Å²) in [7, 11) is 0. The lowest BCUT2D eigenvalue weighted by atomic mass is 10.1. The van der Waals surface area contributed by atoms with Crippen molar-refractivity contribution in [3.63, 3.8) is 0 Å². The molecule has 0 aliphatic heterocycles. The lowest BCUT2D eigenvalue weighted by molar-refractivity contribution is -0.136. The minimum atomic E-state index is -0.863. The van der Waals surface area contributed by atoms with E-state index in [1.165, 1.54) is 11.8 Å². The summed E-state index contributed by atoms with van der Waals surface area (Å²) < 4.78 is 11.6. The Morgan fingerprint density at radius 3 is 2.32 bits per heavy atom. The summed E-state index contributed by atoms with van der Waals surface area (Å²) in [5, 5.41) is 6.45. The number of rotatable bonds is 8. The fraction of sp³-hybridized carbons (Fsp3) is 0.222. The SMILES string of the molecule is CCOc1cc(C=NNC(=O)C(=O)Nc2ccc(C)c(C)c2)ccc1OCc1ccc(C)cc1. The standard InChI is InChI=1S/C27H29N3O4/c1-5-33-25-15-22(11-13-24(25)34-17-21-9-6-18(2)7-10-21)16-28-30-27(32)26(31)29-23-12-8-19(3)20(4)14-23/h6-16H,5,17H2,1-4H3,(H,29,31)(H,30,32). The largest absolute Gasteiger partial charge is 0.490 e. The molecule has 3 aromatic carbocycles. The van der Waals surface area contributed by atoms with Gasteiger partial charge in [-0.2, -0.15) is 5.10 Å². The molecule has 0 unspecified atom stereocenters. The van der Waals surface area contributed by atoms with Gasteiger partial charge in [0.25, 0.3) is 0 Å². The Balaban J connectivity index is 1.59. The zero-order valence-electron chi connectivity index (χ0n) is 19.8. The molecule has 0 aliphatic rings. The smallest absolute Gasteiger partial charge is 0.329 e. The highest BCUT2D eigenvalue weighted by Crippen LogP contribution is 2.29. The molecule has 34 heavy (non-hydrogen) atoms. The van der Waals surface area contributed by atoms with Crippen molar-refractivity contribution in [3.05, 3.63) is 88.5 Å². The van der Waals surface area contributed by atoms with Crippen molar-refractivity contribution >= 4 is 23.7 Å². The molecule has 0 atom stereocenters. The van der Waals surface area contributed by atoms with E-state index >= 15 is 0 Å². The van der Waals surface area contributed by atoms with Crippen LogP contribution in [0.1, 0.15) is 34.7 Å². The third-order valence-electron chi connectivity index (χ3n) is 5.13. The Morgan fingerprint density at radius 1 is 0.853 bits per heavy atom. The van der Waals surface area contributed by atoms with Gasteiger partial charge in [-0.05, 0) is 80.3 Å². The van der Waals surface area contributed by atoms with Gasteiger partial charge < -0.3 is 14.8 Å². The van der Waals surface area contributed by atoms with Crippen molar-refractivity contribution in [2.75, 3.05) is 11.9 Å². The van der Waals surface area contributed by atoms with Crippen LogP contribution in [0.4, 0.5) is 5.69 Å². The highest BCUT2D eigenvalue weighted by molar-refractivity contribution is 6.39. The molecule has 0 heterocycles. The maximum atomic E-state index is 12.1. The Bertz CT molecular complexity index is 1190. The molecule has 0 aromatic heterocycles. The van der Waals surface area contributed by atoms with Crippen LogP contribution >= 0.6 is 0 Å². The van der Waals surface area contributed by atoms with Gasteiger partial charge in [0.05, 0.1) is 12.8 Å². The molecule has 0 spiro atoms. The second kappa shape index (κ2) is 11.7. The molecule has 0 fully saturated rings. The summed E-state index contributed by atoms with van der Waals surface area (Å²) in [6, 6.07) is 18.9. The number of carbonyl (C=O) groups is 2. The average Bonchev–Trinajstić information content (AvgIpc) is 2.82. The number of aryl methyl sites for hydroxylation is 3. The number of hydrazone groups is 1. The van der Waals surface area contributed by atoms with E-state index in [-0.39, 0.29) is 0 Å². The molecule has 7 nitrogen and oxygen atoms in total. The first-order chi connectivity index (χ1) is 16.4. The molecule has 3 rings (SSSR count). The van der Waals surface area contributed by atoms with Gasteiger partial charge in [-0.3, -0.25) is 9.59 Å². The van der Waals surface area contributed by atoms with Crippen LogP contribution in [0.15, 0.2) is 65.8 Å². The Kier molecular flexibility index (Phi) is 8.40.